The lowest BCUT2D eigenvalue weighted by Gasteiger charge is -2.17. The fraction of sp³-hybridized carbons (Fsp3) is 0.529. The second-order valence-electron chi connectivity index (χ2n) is 5.98. The number of nitrogens with zero attached hydrogens (tertiary/aromatic N) is 3. The highest BCUT2D eigenvalue weighted by atomic mass is 16.5. The van der Waals surface area contributed by atoms with Gasteiger partial charge in [0.15, 0.2) is 5.69 Å². The minimum atomic E-state index is -0.957. The van der Waals surface area contributed by atoms with Crippen molar-refractivity contribution >= 4 is 23.7 Å². The molecule has 1 aromatic heterocycles. The van der Waals surface area contributed by atoms with Gasteiger partial charge in [0.2, 0.25) is 0 Å². The van der Waals surface area contributed by atoms with Crippen LogP contribution in [0.5, 0.6) is 0 Å². The van der Waals surface area contributed by atoms with E-state index in [0.29, 0.717) is 19.6 Å². The number of carbonyl (C=O) groups excluding carboxylic acids is 2. The lowest BCUT2D eigenvalue weighted by molar-refractivity contribution is -0.141. The number of likely N-dealkylation sites (tertiary alicyclic amines) is 1. The molecule has 1 aromatic rings. The van der Waals surface area contributed by atoms with Gasteiger partial charge < -0.3 is 29.4 Å². The number of urea groups is 1. The molecular weight excluding hydrogens is 356 g/mol. The van der Waals surface area contributed by atoms with E-state index in [1.54, 1.807) is 6.92 Å². The van der Waals surface area contributed by atoms with E-state index in [9.17, 15) is 19.6 Å². The molecule has 1 saturated heterocycles. The molecule has 0 radical (unpaired) electrons. The number of carboxylic acids is 1. The van der Waals surface area contributed by atoms with E-state index in [1.807, 2.05) is 6.07 Å². The lowest BCUT2D eigenvalue weighted by Crippen LogP contribution is -2.34. The Bertz CT molecular complexity index is 766. The summed E-state index contributed by atoms with van der Waals surface area (Å²) in [4.78, 5) is 37.3. The standard InChI is InChI=1S/C17H22N4O6/c1-3-27-16(24)14-13(12(8-18)10-20(14)6-7-26-2)19-17(25)21-5-4-11(9-21)15(22)23/h10-11H,3-7,9H2,1-2H3,(H,19,25)(H,22,23). The number of carboxylic acid groups (broad SMARTS) is 1. The van der Waals surface area contributed by atoms with Crippen molar-refractivity contribution in [3.8, 4) is 6.07 Å². The number of rotatable bonds is 7. The molecule has 2 rings (SSSR count). The third kappa shape index (κ3) is 4.57. The Kier molecular flexibility index (Phi) is 6.79. The Morgan fingerprint density at radius 3 is 2.74 bits per heavy atom. The highest BCUT2D eigenvalue weighted by Gasteiger charge is 2.32. The van der Waals surface area contributed by atoms with Crippen molar-refractivity contribution in [3.63, 3.8) is 0 Å². The Balaban J connectivity index is 2.29. The number of methoxy groups -OCH3 is 1. The van der Waals surface area contributed by atoms with Crippen LogP contribution < -0.4 is 5.32 Å². The number of hydrogen-bond donors (Lipinski definition) is 2. The van der Waals surface area contributed by atoms with Crippen molar-refractivity contribution < 1.29 is 29.0 Å². The highest BCUT2D eigenvalue weighted by Crippen LogP contribution is 2.26. The second-order valence-corrected chi connectivity index (χ2v) is 5.98. The molecule has 27 heavy (non-hydrogen) atoms. The summed E-state index contributed by atoms with van der Waals surface area (Å²) in [6.45, 7) is 2.73. The van der Waals surface area contributed by atoms with E-state index in [-0.39, 0.29) is 36.6 Å². The number of anilines is 1. The van der Waals surface area contributed by atoms with Crippen molar-refractivity contribution in [2.75, 3.05) is 38.7 Å². The number of hydrogen-bond acceptors (Lipinski definition) is 6. The van der Waals surface area contributed by atoms with Gasteiger partial charge in [-0.2, -0.15) is 5.26 Å². The molecule has 2 N–H and O–H groups in total. The third-order valence-electron chi connectivity index (χ3n) is 4.26. The Hall–Kier alpha value is -3.06. The number of aromatic nitrogens is 1. The van der Waals surface area contributed by atoms with Crippen LogP contribution in [-0.4, -0.2) is 66.0 Å². The van der Waals surface area contributed by atoms with E-state index in [1.165, 1.54) is 22.8 Å². The number of esters is 1. The third-order valence-corrected chi connectivity index (χ3v) is 4.26. The maximum Gasteiger partial charge on any atom is 0.357 e. The van der Waals surface area contributed by atoms with Crippen LogP contribution in [0.25, 0.3) is 0 Å². The van der Waals surface area contributed by atoms with Crippen LogP contribution in [-0.2, 0) is 20.8 Å². The van der Waals surface area contributed by atoms with Crippen LogP contribution in [0.4, 0.5) is 10.5 Å². The maximum absolute atomic E-state index is 12.5. The predicted octanol–water partition coefficient (Wildman–Crippen LogP) is 1.12. The van der Waals surface area contributed by atoms with E-state index in [0.717, 1.165) is 0 Å². The van der Waals surface area contributed by atoms with E-state index < -0.39 is 23.9 Å². The maximum atomic E-state index is 12.5. The Morgan fingerprint density at radius 2 is 2.19 bits per heavy atom. The van der Waals surface area contributed by atoms with E-state index >= 15 is 0 Å². The van der Waals surface area contributed by atoms with Gasteiger partial charge in [0.25, 0.3) is 0 Å². The minimum Gasteiger partial charge on any atom is -0.481 e. The van der Waals surface area contributed by atoms with Crippen LogP contribution in [0.2, 0.25) is 0 Å². The molecule has 1 fully saturated rings. The van der Waals surface area contributed by atoms with Gasteiger partial charge in [-0.05, 0) is 13.3 Å². The number of nitriles is 1. The first-order valence-corrected chi connectivity index (χ1v) is 8.50. The molecule has 10 heteroatoms. The quantitative estimate of drug-likeness (QED) is 0.679. The van der Waals surface area contributed by atoms with Gasteiger partial charge in [0.05, 0.1) is 30.4 Å². The summed E-state index contributed by atoms with van der Waals surface area (Å²) in [5.41, 5.74) is 0.208. The first kappa shape index (κ1) is 20.3. The molecular formula is C17H22N4O6. The van der Waals surface area contributed by atoms with Crippen molar-refractivity contribution in [1.82, 2.24) is 9.47 Å². The van der Waals surface area contributed by atoms with Gasteiger partial charge >= 0.3 is 18.0 Å². The molecule has 1 unspecified atom stereocenters. The molecule has 0 aliphatic carbocycles. The van der Waals surface area contributed by atoms with Gasteiger partial charge in [-0.1, -0.05) is 0 Å². The van der Waals surface area contributed by atoms with Crippen LogP contribution in [0, 0.1) is 17.2 Å². The fourth-order valence-corrected chi connectivity index (χ4v) is 2.88. The molecule has 0 bridgehead atoms. The number of aliphatic carboxylic acids is 1. The number of ether oxygens (including phenoxy) is 2. The van der Waals surface area contributed by atoms with Crippen LogP contribution in [0.3, 0.4) is 0 Å². The zero-order valence-corrected chi connectivity index (χ0v) is 15.2. The first-order valence-electron chi connectivity index (χ1n) is 8.50. The summed E-state index contributed by atoms with van der Waals surface area (Å²) in [6, 6.07) is 1.39. The van der Waals surface area contributed by atoms with Gasteiger partial charge in [-0.3, -0.25) is 4.79 Å². The second kappa shape index (κ2) is 9.05. The molecule has 0 spiro atoms. The van der Waals surface area contributed by atoms with Crippen molar-refractivity contribution in [1.29, 1.82) is 5.26 Å². The smallest absolute Gasteiger partial charge is 0.357 e. The number of carbonyl (C=O) groups is 3. The van der Waals surface area contributed by atoms with Crippen LogP contribution >= 0.6 is 0 Å². The summed E-state index contributed by atoms with van der Waals surface area (Å²) in [5.74, 6) is -2.25. The molecule has 146 valence electrons. The Morgan fingerprint density at radius 1 is 1.44 bits per heavy atom. The zero-order valence-electron chi connectivity index (χ0n) is 15.2. The fourth-order valence-electron chi connectivity index (χ4n) is 2.88. The van der Waals surface area contributed by atoms with Crippen molar-refractivity contribution in [2.45, 2.75) is 19.9 Å². The molecule has 1 aliphatic rings. The molecule has 2 heterocycles. The van der Waals surface area contributed by atoms with Crippen LogP contribution in [0.15, 0.2) is 6.20 Å². The normalized spacial score (nSPS) is 16.0. The number of nitrogens with one attached hydrogen (secondary N) is 1. The summed E-state index contributed by atoms with van der Waals surface area (Å²) >= 11 is 0. The monoisotopic (exact) mass is 378 g/mol. The van der Waals surface area contributed by atoms with Gasteiger partial charge in [0, 0.05) is 32.9 Å². The summed E-state index contributed by atoms with van der Waals surface area (Å²) in [5, 5.41) is 21.0. The average molecular weight is 378 g/mol. The first-order chi connectivity index (χ1) is 12.9. The Labute approximate surface area is 156 Å². The topological polar surface area (TPSA) is 134 Å². The van der Waals surface area contributed by atoms with E-state index in [4.69, 9.17) is 14.6 Å². The molecule has 1 aliphatic heterocycles. The highest BCUT2D eigenvalue weighted by molar-refractivity contribution is 6.02. The van der Waals surface area contributed by atoms with Crippen molar-refractivity contribution in [3.05, 3.63) is 17.5 Å². The van der Waals surface area contributed by atoms with Gasteiger partial charge in [-0.25, -0.2) is 9.59 Å². The largest absolute Gasteiger partial charge is 0.481 e. The van der Waals surface area contributed by atoms with Gasteiger partial charge in [0.1, 0.15) is 6.07 Å². The van der Waals surface area contributed by atoms with E-state index in [2.05, 4.69) is 5.32 Å². The number of amides is 2. The summed E-state index contributed by atoms with van der Waals surface area (Å²) in [6.07, 6.45) is 1.80. The molecule has 0 saturated carbocycles. The minimum absolute atomic E-state index is 0.0489. The summed E-state index contributed by atoms with van der Waals surface area (Å²) < 4.78 is 11.6. The predicted molar refractivity (Wildman–Crippen MR) is 93.3 cm³/mol. The molecule has 10 nitrogen and oxygen atoms in total. The summed E-state index contributed by atoms with van der Waals surface area (Å²) in [7, 11) is 1.51. The molecule has 2 amide bonds. The molecule has 1 atom stereocenters. The zero-order chi connectivity index (χ0) is 20.0. The van der Waals surface area contributed by atoms with Crippen LogP contribution in [0.1, 0.15) is 29.4 Å². The van der Waals surface area contributed by atoms with Gasteiger partial charge in [-0.15, -0.1) is 0 Å². The van der Waals surface area contributed by atoms with Crippen molar-refractivity contribution in [2.24, 2.45) is 5.92 Å². The molecule has 0 aromatic carbocycles. The average Bonchev–Trinajstić information content (AvgIpc) is 3.25. The lowest BCUT2D eigenvalue weighted by atomic mass is 10.1. The SMILES string of the molecule is CCOC(=O)c1c(NC(=O)N2CCC(C(=O)O)C2)c(C#N)cn1CCOC.